The molecular weight excluding hydrogens is 204 g/mol. The summed E-state index contributed by atoms with van der Waals surface area (Å²) < 4.78 is 0. The van der Waals surface area contributed by atoms with Crippen LogP contribution in [0.1, 0.15) is 17.5 Å². The van der Waals surface area contributed by atoms with Crippen LogP contribution in [0.25, 0.3) is 0 Å². The monoisotopic (exact) mass is 220 g/mol. The van der Waals surface area contributed by atoms with Gasteiger partial charge in [0, 0.05) is 19.5 Å². The lowest BCUT2D eigenvalue weighted by Gasteiger charge is -2.05. The summed E-state index contributed by atoms with van der Waals surface area (Å²) in [6.07, 6.45) is 0.901. The standard InChI is InChI=1S/C12H16N2O2/c1-10-3-2-4-11(7-10)8-14-12(16)5-6-13-9-15/h2-4,7,9H,5-6,8H2,1H3,(H,13,15)(H,14,16). The fourth-order valence-electron chi connectivity index (χ4n) is 1.36. The highest BCUT2D eigenvalue weighted by atomic mass is 16.1. The lowest BCUT2D eigenvalue weighted by Crippen LogP contribution is -2.26. The Kier molecular flexibility index (Phi) is 5.05. The molecule has 4 heteroatoms. The van der Waals surface area contributed by atoms with Gasteiger partial charge in [0.1, 0.15) is 0 Å². The summed E-state index contributed by atoms with van der Waals surface area (Å²) in [6, 6.07) is 7.98. The van der Waals surface area contributed by atoms with Crippen LogP contribution in [0, 0.1) is 6.92 Å². The molecule has 0 fully saturated rings. The number of amides is 2. The molecule has 1 rings (SSSR count). The Morgan fingerprint density at radius 3 is 2.94 bits per heavy atom. The summed E-state index contributed by atoms with van der Waals surface area (Å²) in [7, 11) is 0. The van der Waals surface area contributed by atoms with Crippen LogP contribution in [0.5, 0.6) is 0 Å². The van der Waals surface area contributed by atoms with Gasteiger partial charge in [-0.2, -0.15) is 0 Å². The quantitative estimate of drug-likeness (QED) is 0.549. The molecule has 2 N–H and O–H groups in total. The molecule has 0 aliphatic carbocycles. The Labute approximate surface area is 95.0 Å². The first-order valence-electron chi connectivity index (χ1n) is 5.21. The molecule has 0 atom stereocenters. The summed E-state index contributed by atoms with van der Waals surface area (Å²) in [5, 5.41) is 5.24. The first kappa shape index (κ1) is 12.2. The Bertz CT molecular complexity index is 364. The molecule has 0 aliphatic heterocycles. The zero-order chi connectivity index (χ0) is 11.8. The van der Waals surface area contributed by atoms with Crippen molar-refractivity contribution in [2.75, 3.05) is 6.54 Å². The number of aryl methyl sites for hydroxylation is 1. The number of nitrogens with one attached hydrogen (secondary N) is 2. The number of hydrogen-bond acceptors (Lipinski definition) is 2. The third kappa shape index (κ3) is 4.59. The van der Waals surface area contributed by atoms with Gasteiger partial charge in [0.15, 0.2) is 0 Å². The summed E-state index contributed by atoms with van der Waals surface area (Å²) in [5.41, 5.74) is 2.26. The molecule has 4 nitrogen and oxygen atoms in total. The average Bonchev–Trinajstić information content (AvgIpc) is 2.27. The molecular formula is C12H16N2O2. The molecule has 0 saturated heterocycles. The van der Waals surface area contributed by atoms with E-state index in [2.05, 4.69) is 10.6 Å². The summed E-state index contributed by atoms with van der Waals surface area (Å²) in [6.45, 7) is 2.92. The number of hydrogen-bond donors (Lipinski definition) is 2. The predicted octanol–water partition coefficient (Wildman–Crippen LogP) is 0.747. The molecule has 16 heavy (non-hydrogen) atoms. The van der Waals surface area contributed by atoms with E-state index in [1.165, 1.54) is 5.56 Å². The second-order valence-electron chi connectivity index (χ2n) is 3.59. The van der Waals surface area contributed by atoms with E-state index in [4.69, 9.17) is 0 Å². The van der Waals surface area contributed by atoms with Crippen LogP contribution in [0.15, 0.2) is 24.3 Å². The first-order valence-corrected chi connectivity index (χ1v) is 5.21. The van der Waals surface area contributed by atoms with Gasteiger partial charge in [-0.1, -0.05) is 29.8 Å². The number of carbonyl (C=O) groups is 2. The summed E-state index contributed by atoms with van der Waals surface area (Å²) >= 11 is 0. The maximum absolute atomic E-state index is 11.3. The van der Waals surface area contributed by atoms with Crippen LogP contribution >= 0.6 is 0 Å². The normalized spacial score (nSPS) is 9.56. The second-order valence-corrected chi connectivity index (χ2v) is 3.59. The van der Waals surface area contributed by atoms with Crippen molar-refractivity contribution in [1.29, 1.82) is 0 Å². The van der Waals surface area contributed by atoms with Crippen molar-refractivity contribution in [1.82, 2.24) is 10.6 Å². The third-order valence-corrected chi connectivity index (χ3v) is 2.15. The highest BCUT2D eigenvalue weighted by Crippen LogP contribution is 2.03. The fourth-order valence-corrected chi connectivity index (χ4v) is 1.36. The Morgan fingerprint density at radius 2 is 2.25 bits per heavy atom. The maximum atomic E-state index is 11.3. The van der Waals surface area contributed by atoms with Crippen LogP contribution in [0.4, 0.5) is 0 Å². The van der Waals surface area contributed by atoms with Gasteiger partial charge in [0.2, 0.25) is 12.3 Å². The van der Waals surface area contributed by atoms with E-state index < -0.39 is 0 Å². The smallest absolute Gasteiger partial charge is 0.222 e. The SMILES string of the molecule is Cc1cccc(CNC(=O)CCNC=O)c1. The average molecular weight is 220 g/mol. The van der Waals surface area contributed by atoms with E-state index in [9.17, 15) is 9.59 Å². The Morgan fingerprint density at radius 1 is 1.44 bits per heavy atom. The van der Waals surface area contributed by atoms with Crippen LogP contribution in [-0.2, 0) is 16.1 Å². The van der Waals surface area contributed by atoms with Crippen molar-refractivity contribution >= 4 is 12.3 Å². The van der Waals surface area contributed by atoms with Gasteiger partial charge in [-0.15, -0.1) is 0 Å². The lowest BCUT2D eigenvalue weighted by molar-refractivity contribution is -0.121. The zero-order valence-corrected chi connectivity index (χ0v) is 9.32. The van der Waals surface area contributed by atoms with E-state index in [0.29, 0.717) is 25.9 Å². The van der Waals surface area contributed by atoms with E-state index >= 15 is 0 Å². The molecule has 1 aromatic carbocycles. The highest BCUT2D eigenvalue weighted by Gasteiger charge is 2.00. The fraction of sp³-hybridized carbons (Fsp3) is 0.333. The predicted molar refractivity (Wildman–Crippen MR) is 61.7 cm³/mol. The molecule has 2 amide bonds. The van der Waals surface area contributed by atoms with Crippen LogP contribution in [-0.4, -0.2) is 18.9 Å². The Hall–Kier alpha value is -1.84. The molecule has 0 saturated carbocycles. The van der Waals surface area contributed by atoms with Gasteiger partial charge in [-0.05, 0) is 12.5 Å². The third-order valence-electron chi connectivity index (χ3n) is 2.15. The van der Waals surface area contributed by atoms with Crippen molar-refractivity contribution in [3.8, 4) is 0 Å². The molecule has 0 aromatic heterocycles. The molecule has 0 spiro atoms. The molecule has 0 unspecified atom stereocenters. The lowest BCUT2D eigenvalue weighted by atomic mass is 10.1. The largest absolute Gasteiger partial charge is 0.358 e. The van der Waals surface area contributed by atoms with Gasteiger partial charge in [0.05, 0.1) is 0 Å². The molecule has 0 heterocycles. The van der Waals surface area contributed by atoms with Gasteiger partial charge < -0.3 is 10.6 Å². The summed E-state index contributed by atoms with van der Waals surface area (Å²) in [5.74, 6) is -0.0594. The zero-order valence-electron chi connectivity index (χ0n) is 9.32. The highest BCUT2D eigenvalue weighted by molar-refractivity contribution is 5.76. The number of rotatable bonds is 6. The first-order chi connectivity index (χ1) is 7.72. The minimum atomic E-state index is -0.0594. The van der Waals surface area contributed by atoms with Gasteiger partial charge >= 0.3 is 0 Å². The minimum Gasteiger partial charge on any atom is -0.358 e. The van der Waals surface area contributed by atoms with Crippen molar-refractivity contribution < 1.29 is 9.59 Å². The van der Waals surface area contributed by atoms with E-state index in [1.54, 1.807) is 0 Å². The molecule has 0 aliphatic rings. The Balaban J connectivity index is 2.28. The van der Waals surface area contributed by atoms with Crippen LogP contribution < -0.4 is 10.6 Å². The van der Waals surface area contributed by atoms with E-state index in [1.807, 2.05) is 31.2 Å². The van der Waals surface area contributed by atoms with Crippen LogP contribution in [0.3, 0.4) is 0 Å². The van der Waals surface area contributed by atoms with Gasteiger partial charge in [0.25, 0.3) is 0 Å². The molecule has 0 radical (unpaired) electrons. The number of carbonyl (C=O) groups excluding carboxylic acids is 2. The second kappa shape index (κ2) is 6.61. The topological polar surface area (TPSA) is 58.2 Å². The molecule has 0 bridgehead atoms. The van der Waals surface area contributed by atoms with Gasteiger partial charge in [-0.25, -0.2) is 0 Å². The van der Waals surface area contributed by atoms with E-state index in [-0.39, 0.29) is 5.91 Å². The number of benzene rings is 1. The maximum Gasteiger partial charge on any atom is 0.222 e. The van der Waals surface area contributed by atoms with Crippen molar-refractivity contribution in [3.63, 3.8) is 0 Å². The van der Waals surface area contributed by atoms with Crippen molar-refractivity contribution in [2.24, 2.45) is 0 Å². The summed E-state index contributed by atoms with van der Waals surface area (Å²) in [4.78, 5) is 21.3. The minimum absolute atomic E-state index is 0.0594. The van der Waals surface area contributed by atoms with Crippen molar-refractivity contribution in [3.05, 3.63) is 35.4 Å². The van der Waals surface area contributed by atoms with Gasteiger partial charge in [-0.3, -0.25) is 9.59 Å². The van der Waals surface area contributed by atoms with E-state index in [0.717, 1.165) is 5.56 Å². The van der Waals surface area contributed by atoms with Crippen molar-refractivity contribution in [2.45, 2.75) is 19.9 Å². The molecule has 86 valence electrons. The molecule has 1 aromatic rings. The van der Waals surface area contributed by atoms with Crippen LogP contribution in [0.2, 0.25) is 0 Å².